The van der Waals surface area contributed by atoms with Gasteiger partial charge < -0.3 is 5.32 Å². The molecule has 3 saturated heterocycles. The fourth-order valence-electron chi connectivity index (χ4n) is 6.38. The van der Waals surface area contributed by atoms with Crippen LogP contribution in [0.15, 0.2) is 36.4 Å². The molecule has 2 N–H and O–H groups in total. The molecule has 0 saturated carbocycles. The number of carbonyl (C=O) groups excluding carboxylic acids is 4. The van der Waals surface area contributed by atoms with E-state index in [1.807, 2.05) is 6.07 Å². The molecule has 42 heavy (non-hydrogen) atoms. The number of carbonyl (C=O) groups is 4. The molecular formula is C29H32FN5O6S. The molecule has 13 heteroatoms. The molecule has 4 aliphatic rings. The van der Waals surface area contributed by atoms with Gasteiger partial charge in [-0.1, -0.05) is 18.2 Å². The van der Waals surface area contributed by atoms with E-state index < -0.39 is 45.5 Å². The number of likely N-dealkylation sites (tertiary alicyclic amines) is 1. The van der Waals surface area contributed by atoms with Gasteiger partial charge >= 0.3 is 0 Å². The number of nitrogens with zero attached hydrogens (tertiary/aromatic N) is 3. The molecule has 1 unspecified atom stereocenters. The number of benzene rings is 2. The van der Waals surface area contributed by atoms with Gasteiger partial charge in [-0.25, -0.2) is 12.8 Å². The topological polar surface area (TPSA) is 136 Å². The maximum atomic E-state index is 15.1. The van der Waals surface area contributed by atoms with Crippen LogP contribution in [0, 0.1) is 5.82 Å². The molecule has 0 bridgehead atoms. The third-order valence-electron chi connectivity index (χ3n) is 8.56. The van der Waals surface area contributed by atoms with Crippen LogP contribution in [-0.2, 0) is 32.7 Å². The first-order valence-corrected chi connectivity index (χ1v) is 15.8. The highest BCUT2D eigenvalue weighted by atomic mass is 32.2. The zero-order valence-corrected chi connectivity index (χ0v) is 23.8. The van der Waals surface area contributed by atoms with Crippen molar-refractivity contribution >= 4 is 39.3 Å². The Labute approximate surface area is 243 Å². The number of amides is 4. The second-order valence-electron chi connectivity index (χ2n) is 11.2. The molecule has 11 nitrogen and oxygen atoms in total. The quantitative estimate of drug-likeness (QED) is 0.462. The van der Waals surface area contributed by atoms with E-state index in [0.29, 0.717) is 30.8 Å². The van der Waals surface area contributed by atoms with E-state index in [2.05, 4.69) is 15.5 Å². The van der Waals surface area contributed by atoms with Crippen LogP contribution in [0.1, 0.15) is 63.9 Å². The lowest BCUT2D eigenvalue weighted by molar-refractivity contribution is -0.136. The van der Waals surface area contributed by atoms with E-state index in [9.17, 15) is 27.6 Å². The minimum absolute atomic E-state index is 0.0331. The van der Waals surface area contributed by atoms with Crippen molar-refractivity contribution in [3.63, 3.8) is 0 Å². The van der Waals surface area contributed by atoms with E-state index in [0.717, 1.165) is 36.4 Å². The average Bonchev–Trinajstić information content (AvgIpc) is 3.44. The standard InChI is InChI=1S/C29H32FN5O6S/c30-22-15-18(17-33-12-9-20(10-13-33)34-11-2-14-42(34,40)41)5-6-19(22)16-31-23-4-1-3-21-26(23)29(39)35(28(21)38)24-7-8-25(36)32-27(24)37/h1,3-6,15,20,24,31H,2,7-14,16-17H2,(H,32,36,37). The Morgan fingerprint density at radius 3 is 2.45 bits per heavy atom. The molecule has 0 aromatic heterocycles. The monoisotopic (exact) mass is 597 g/mol. The van der Waals surface area contributed by atoms with Gasteiger partial charge in [-0.3, -0.25) is 34.3 Å². The predicted molar refractivity (Wildman–Crippen MR) is 150 cm³/mol. The molecular weight excluding hydrogens is 565 g/mol. The molecule has 0 radical (unpaired) electrons. The van der Waals surface area contributed by atoms with E-state index in [1.54, 1.807) is 22.5 Å². The minimum Gasteiger partial charge on any atom is -0.380 e. The first-order valence-electron chi connectivity index (χ1n) is 14.2. The van der Waals surface area contributed by atoms with Crippen molar-refractivity contribution in [3.05, 3.63) is 64.5 Å². The van der Waals surface area contributed by atoms with Crippen LogP contribution in [0.2, 0.25) is 0 Å². The summed E-state index contributed by atoms with van der Waals surface area (Å²) >= 11 is 0. The van der Waals surface area contributed by atoms with Crippen LogP contribution in [0.3, 0.4) is 0 Å². The van der Waals surface area contributed by atoms with E-state index >= 15 is 4.39 Å². The van der Waals surface area contributed by atoms with Crippen LogP contribution >= 0.6 is 0 Å². The van der Waals surface area contributed by atoms with Crippen LogP contribution in [0.5, 0.6) is 0 Å². The molecule has 3 fully saturated rings. The summed E-state index contributed by atoms with van der Waals surface area (Å²) in [5.74, 6) is -2.53. The van der Waals surface area contributed by atoms with Crippen molar-refractivity contribution in [2.75, 3.05) is 30.7 Å². The third kappa shape index (κ3) is 5.32. The summed E-state index contributed by atoms with van der Waals surface area (Å²) in [6, 6.07) is 8.75. The van der Waals surface area contributed by atoms with Gasteiger partial charge in [0.1, 0.15) is 11.9 Å². The van der Waals surface area contributed by atoms with E-state index in [1.165, 1.54) is 12.1 Å². The van der Waals surface area contributed by atoms with Gasteiger partial charge in [-0.2, -0.15) is 4.31 Å². The first kappa shape index (κ1) is 28.4. The number of anilines is 1. The highest BCUT2D eigenvalue weighted by molar-refractivity contribution is 7.89. The maximum absolute atomic E-state index is 15.1. The van der Waals surface area contributed by atoms with Gasteiger partial charge in [-0.15, -0.1) is 0 Å². The second kappa shape index (κ2) is 11.2. The largest absolute Gasteiger partial charge is 0.380 e. The van der Waals surface area contributed by atoms with Crippen molar-refractivity contribution in [2.24, 2.45) is 0 Å². The molecule has 0 spiro atoms. The lowest BCUT2D eigenvalue weighted by Gasteiger charge is -2.35. The van der Waals surface area contributed by atoms with Gasteiger partial charge in [0.15, 0.2) is 0 Å². The molecule has 4 heterocycles. The van der Waals surface area contributed by atoms with Crippen LogP contribution in [0.25, 0.3) is 0 Å². The Balaban J connectivity index is 1.08. The highest BCUT2D eigenvalue weighted by Gasteiger charge is 2.45. The number of hydrogen-bond acceptors (Lipinski definition) is 8. The van der Waals surface area contributed by atoms with Gasteiger partial charge in [0.05, 0.1) is 16.9 Å². The lowest BCUT2D eigenvalue weighted by Crippen LogP contribution is -2.54. The highest BCUT2D eigenvalue weighted by Crippen LogP contribution is 2.33. The summed E-state index contributed by atoms with van der Waals surface area (Å²) in [5.41, 5.74) is 1.82. The number of hydrogen-bond donors (Lipinski definition) is 2. The van der Waals surface area contributed by atoms with Crippen molar-refractivity contribution in [2.45, 2.75) is 57.3 Å². The number of nitrogens with one attached hydrogen (secondary N) is 2. The molecule has 0 aliphatic carbocycles. The summed E-state index contributed by atoms with van der Waals surface area (Å²) in [6.45, 7) is 2.70. The molecule has 1 atom stereocenters. The van der Waals surface area contributed by atoms with Crippen molar-refractivity contribution in [1.82, 2.24) is 19.4 Å². The SMILES string of the molecule is O=C1CCC(N2C(=O)c3cccc(NCc4ccc(CN5CCC(N6CCCS6(=O)=O)CC5)cc4F)c3C2=O)C(=O)N1. The number of sulfonamides is 1. The Morgan fingerprint density at radius 2 is 1.76 bits per heavy atom. The second-order valence-corrected chi connectivity index (χ2v) is 13.3. The molecule has 2 aromatic rings. The Hall–Kier alpha value is -3.68. The fraction of sp³-hybridized carbons (Fsp3) is 0.448. The zero-order chi connectivity index (χ0) is 29.6. The molecule has 4 aliphatic heterocycles. The number of imide groups is 2. The number of piperidine rings is 2. The van der Waals surface area contributed by atoms with E-state index in [-0.39, 0.29) is 42.3 Å². The summed E-state index contributed by atoms with van der Waals surface area (Å²) in [5, 5.41) is 5.26. The summed E-state index contributed by atoms with van der Waals surface area (Å²) in [7, 11) is -3.13. The van der Waals surface area contributed by atoms with Gasteiger partial charge in [0.2, 0.25) is 21.8 Å². The van der Waals surface area contributed by atoms with Gasteiger partial charge in [-0.05, 0) is 49.4 Å². The third-order valence-corrected chi connectivity index (χ3v) is 10.6. The predicted octanol–water partition coefficient (Wildman–Crippen LogP) is 1.84. The lowest BCUT2D eigenvalue weighted by atomic mass is 10.0. The molecule has 2 aromatic carbocycles. The van der Waals surface area contributed by atoms with Gasteiger partial charge in [0.25, 0.3) is 11.8 Å². The van der Waals surface area contributed by atoms with Crippen molar-refractivity contribution < 1.29 is 32.0 Å². The molecule has 4 amide bonds. The number of fused-ring (bicyclic) bond motifs is 1. The first-order chi connectivity index (χ1) is 20.1. The minimum atomic E-state index is -3.13. The fourth-order valence-corrected chi connectivity index (χ4v) is 8.18. The Bertz CT molecular complexity index is 1570. The number of rotatable bonds is 7. The summed E-state index contributed by atoms with van der Waals surface area (Å²) in [4.78, 5) is 53.3. The smallest absolute Gasteiger partial charge is 0.264 e. The van der Waals surface area contributed by atoms with Crippen LogP contribution < -0.4 is 10.6 Å². The van der Waals surface area contributed by atoms with Crippen molar-refractivity contribution in [1.29, 1.82) is 0 Å². The maximum Gasteiger partial charge on any atom is 0.264 e. The Morgan fingerprint density at radius 1 is 0.976 bits per heavy atom. The van der Waals surface area contributed by atoms with Crippen molar-refractivity contribution in [3.8, 4) is 0 Å². The summed E-state index contributed by atoms with van der Waals surface area (Å²) in [6.07, 6.45) is 2.30. The van der Waals surface area contributed by atoms with E-state index in [4.69, 9.17) is 0 Å². The summed E-state index contributed by atoms with van der Waals surface area (Å²) < 4.78 is 41.3. The zero-order valence-electron chi connectivity index (χ0n) is 23.0. The Kier molecular flexibility index (Phi) is 7.58. The normalized spacial score (nSPS) is 23.4. The van der Waals surface area contributed by atoms with Gasteiger partial charge in [0, 0.05) is 56.4 Å². The number of halogens is 1. The molecule has 6 rings (SSSR count). The average molecular weight is 598 g/mol. The van der Waals surface area contributed by atoms with Crippen LogP contribution in [-0.4, -0.2) is 83.6 Å². The molecule has 222 valence electrons. The van der Waals surface area contributed by atoms with Crippen LogP contribution in [0.4, 0.5) is 10.1 Å².